The van der Waals surface area contributed by atoms with Crippen LogP contribution >= 0.6 is 0 Å². The lowest BCUT2D eigenvalue weighted by Gasteiger charge is -2.10. The highest BCUT2D eigenvalue weighted by atomic mass is 16.1. The van der Waals surface area contributed by atoms with Crippen LogP contribution < -0.4 is 0 Å². The Labute approximate surface area is 98.9 Å². The maximum Gasteiger partial charge on any atom is 0.163 e. The molecule has 1 heteroatoms. The van der Waals surface area contributed by atoms with E-state index in [2.05, 4.69) is 26.0 Å². The molecule has 0 bridgehead atoms. The van der Waals surface area contributed by atoms with E-state index in [1.54, 1.807) is 0 Å². The molecule has 0 aromatic rings. The van der Waals surface area contributed by atoms with Crippen molar-refractivity contribution in [2.24, 2.45) is 0 Å². The Bertz CT molecular complexity index is 363. The first kappa shape index (κ1) is 13.0. The fourth-order valence-electron chi connectivity index (χ4n) is 1.95. The number of Topliss-reactive ketones (excluding diaryl/α,β-unsaturated/α-hetero) is 1. The zero-order chi connectivity index (χ0) is 12.1. The van der Waals surface area contributed by atoms with E-state index in [1.807, 2.05) is 13.8 Å². The number of rotatable bonds is 0. The zero-order valence-electron chi connectivity index (χ0n) is 10.9. The molecule has 0 N–H and O–H groups in total. The van der Waals surface area contributed by atoms with Crippen LogP contribution in [0.1, 0.15) is 53.4 Å². The monoisotopic (exact) mass is 218 g/mol. The highest BCUT2D eigenvalue weighted by Crippen LogP contribution is 2.20. The normalized spacial score (nSPS) is 25.5. The summed E-state index contributed by atoms with van der Waals surface area (Å²) >= 11 is 0. The van der Waals surface area contributed by atoms with Crippen LogP contribution in [-0.4, -0.2) is 5.78 Å². The molecule has 0 spiro atoms. The standard InChI is InChI=1S/C15H22O/c1-11(2)14-9-8-12(3)6-5-7-13(4)10-15(14)16/h7-8H,5-6,9-10H2,1-4H3/b12-8+,13-7-. The van der Waals surface area contributed by atoms with Crippen molar-refractivity contribution >= 4 is 5.78 Å². The van der Waals surface area contributed by atoms with Crippen LogP contribution in [0.5, 0.6) is 0 Å². The van der Waals surface area contributed by atoms with Gasteiger partial charge in [-0.2, -0.15) is 0 Å². The van der Waals surface area contributed by atoms with Crippen LogP contribution in [0, 0.1) is 0 Å². The third kappa shape index (κ3) is 3.80. The lowest BCUT2D eigenvalue weighted by atomic mass is 9.94. The number of hydrogen-bond acceptors (Lipinski definition) is 1. The molecule has 0 saturated heterocycles. The first-order valence-corrected chi connectivity index (χ1v) is 6.01. The summed E-state index contributed by atoms with van der Waals surface area (Å²) in [6.07, 6.45) is 7.97. The molecule has 0 atom stereocenters. The molecule has 1 rings (SSSR count). The third-order valence-electron chi connectivity index (χ3n) is 3.07. The first-order chi connectivity index (χ1) is 7.50. The van der Waals surface area contributed by atoms with Crippen molar-refractivity contribution in [2.45, 2.75) is 53.4 Å². The molecular formula is C15H22O. The van der Waals surface area contributed by atoms with Crippen LogP contribution in [-0.2, 0) is 4.79 Å². The van der Waals surface area contributed by atoms with E-state index in [4.69, 9.17) is 0 Å². The van der Waals surface area contributed by atoms with E-state index in [0.717, 1.165) is 30.4 Å². The van der Waals surface area contributed by atoms with E-state index in [-0.39, 0.29) is 0 Å². The fourth-order valence-corrected chi connectivity index (χ4v) is 1.95. The van der Waals surface area contributed by atoms with Crippen molar-refractivity contribution in [1.82, 2.24) is 0 Å². The molecule has 1 nitrogen and oxygen atoms in total. The predicted octanol–water partition coefficient (Wildman–Crippen LogP) is 4.36. The Kier molecular flexibility index (Phi) is 4.72. The van der Waals surface area contributed by atoms with Gasteiger partial charge in [-0.25, -0.2) is 0 Å². The minimum atomic E-state index is 0.291. The van der Waals surface area contributed by atoms with Crippen LogP contribution in [0.3, 0.4) is 0 Å². The summed E-state index contributed by atoms with van der Waals surface area (Å²) in [5.41, 5.74) is 4.74. The first-order valence-electron chi connectivity index (χ1n) is 6.01. The van der Waals surface area contributed by atoms with Crippen molar-refractivity contribution in [3.05, 3.63) is 34.4 Å². The summed E-state index contributed by atoms with van der Waals surface area (Å²) in [5.74, 6) is 0.291. The van der Waals surface area contributed by atoms with Crippen molar-refractivity contribution in [2.75, 3.05) is 0 Å². The van der Waals surface area contributed by atoms with Gasteiger partial charge in [0, 0.05) is 6.42 Å². The second-order valence-electron chi connectivity index (χ2n) is 4.92. The molecule has 0 radical (unpaired) electrons. The Morgan fingerprint density at radius 3 is 2.44 bits per heavy atom. The van der Waals surface area contributed by atoms with E-state index in [1.165, 1.54) is 11.1 Å². The lowest BCUT2D eigenvalue weighted by molar-refractivity contribution is -0.115. The second kappa shape index (κ2) is 5.83. The molecule has 0 aromatic carbocycles. The van der Waals surface area contributed by atoms with E-state index >= 15 is 0 Å². The van der Waals surface area contributed by atoms with Crippen LogP contribution in [0.15, 0.2) is 34.4 Å². The van der Waals surface area contributed by atoms with Crippen molar-refractivity contribution in [1.29, 1.82) is 0 Å². The summed E-state index contributed by atoms with van der Waals surface area (Å²) in [6.45, 7) is 8.27. The molecule has 0 saturated carbocycles. The number of allylic oxidation sites excluding steroid dienone is 6. The predicted molar refractivity (Wildman–Crippen MR) is 69.4 cm³/mol. The van der Waals surface area contributed by atoms with Gasteiger partial charge in [0.05, 0.1) is 0 Å². The van der Waals surface area contributed by atoms with Crippen molar-refractivity contribution < 1.29 is 4.79 Å². The van der Waals surface area contributed by atoms with Gasteiger partial charge in [-0.05, 0) is 52.5 Å². The fraction of sp³-hybridized carbons (Fsp3) is 0.533. The Hall–Kier alpha value is -1.11. The molecule has 0 fully saturated rings. The van der Waals surface area contributed by atoms with Crippen molar-refractivity contribution in [3.63, 3.8) is 0 Å². The summed E-state index contributed by atoms with van der Waals surface area (Å²) in [6, 6.07) is 0. The van der Waals surface area contributed by atoms with Crippen LogP contribution in [0.4, 0.5) is 0 Å². The molecule has 88 valence electrons. The largest absolute Gasteiger partial charge is 0.294 e. The summed E-state index contributed by atoms with van der Waals surface area (Å²) in [4.78, 5) is 12.1. The van der Waals surface area contributed by atoms with E-state index in [9.17, 15) is 4.79 Å². The Balaban J connectivity index is 2.99. The number of carbonyl (C=O) groups excluding carboxylic acids is 1. The number of hydrogen-bond donors (Lipinski definition) is 0. The molecule has 0 heterocycles. The van der Waals surface area contributed by atoms with E-state index < -0.39 is 0 Å². The third-order valence-corrected chi connectivity index (χ3v) is 3.07. The highest BCUT2D eigenvalue weighted by Gasteiger charge is 2.11. The van der Waals surface area contributed by atoms with Gasteiger partial charge >= 0.3 is 0 Å². The van der Waals surface area contributed by atoms with Gasteiger partial charge in [0.1, 0.15) is 0 Å². The quantitative estimate of drug-likeness (QED) is 0.436. The van der Waals surface area contributed by atoms with Crippen LogP contribution in [0.2, 0.25) is 0 Å². The molecular weight excluding hydrogens is 196 g/mol. The smallest absolute Gasteiger partial charge is 0.163 e. The van der Waals surface area contributed by atoms with Gasteiger partial charge < -0.3 is 0 Å². The summed E-state index contributed by atoms with van der Waals surface area (Å²) in [5, 5.41) is 0. The maximum atomic E-state index is 12.1. The SMILES string of the molecule is CC(C)=C1C/C=C(\C)CC/C=C(/C)CC1=O. The van der Waals surface area contributed by atoms with Gasteiger partial charge in [-0.1, -0.05) is 28.9 Å². The highest BCUT2D eigenvalue weighted by molar-refractivity contribution is 5.97. The van der Waals surface area contributed by atoms with Crippen molar-refractivity contribution in [3.8, 4) is 0 Å². The maximum absolute atomic E-state index is 12.1. The molecule has 1 aliphatic rings. The lowest BCUT2D eigenvalue weighted by Crippen LogP contribution is -2.05. The molecule has 0 unspecified atom stereocenters. The molecule has 0 aromatic heterocycles. The number of carbonyl (C=O) groups is 1. The Morgan fingerprint density at radius 1 is 1.12 bits per heavy atom. The average Bonchev–Trinajstić information content (AvgIpc) is 2.16. The minimum Gasteiger partial charge on any atom is -0.294 e. The number of ketones is 1. The second-order valence-corrected chi connectivity index (χ2v) is 4.92. The average molecular weight is 218 g/mol. The zero-order valence-corrected chi connectivity index (χ0v) is 10.9. The van der Waals surface area contributed by atoms with Gasteiger partial charge in [0.25, 0.3) is 0 Å². The van der Waals surface area contributed by atoms with Gasteiger partial charge in [0.15, 0.2) is 5.78 Å². The minimum absolute atomic E-state index is 0.291. The van der Waals surface area contributed by atoms with Gasteiger partial charge in [-0.3, -0.25) is 4.79 Å². The topological polar surface area (TPSA) is 17.1 Å². The summed E-state index contributed by atoms with van der Waals surface area (Å²) in [7, 11) is 0. The molecule has 0 aliphatic heterocycles. The van der Waals surface area contributed by atoms with E-state index in [0.29, 0.717) is 12.2 Å². The molecule has 0 amide bonds. The molecule has 16 heavy (non-hydrogen) atoms. The van der Waals surface area contributed by atoms with Gasteiger partial charge in [-0.15, -0.1) is 0 Å². The summed E-state index contributed by atoms with van der Waals surface area (Å²) < 4.78 is 0. The van der Waals surface area contributed by atoms with Crippen LogP contribution in [0.25, 0.3) is 0 Å². The van der Waals surface area contributed by atoms with Gasteiger partial charge in [0.2, 0.25) is 0 Å². The Morgan fingerprint density at radius 2 is 1.81 bits per heavy atom. The molecule has 1 aliphatic carbocycles.